The zero-order valence-corrected chi connectivity index (χ0v) is 14.0. The minimum Gasteiger partial charge on any atom is -0.261 e. The quantitative estimate of drug-likeness (QED) is 0.503. The second-order valence-electron chi connectivity index (χ2n) is 5.56. The highest BCUT2D eigenvalue weighted by atomic mass is 14.7. The van der Waals surface area contributed by atoms with Gasteiger partial charge in [-0.15, -0.1) is 0 Å². The molecular formula is C23H20N2. The van der Waals surface area contributed by atoms with Gasteiger partial charge in [0.15, 0.2) is 0 Å². The number of benzene rings is 2. The Hall–Kier alpha value is -3.26. The highest BCUT2D eigenvalue weighted by Gasteiger charge is 1.94. The maximum atomic E-state index is 4.27. The summed E-state index contributed by atoms with van der Waals surface area (Å²) in [6.45, 7) is 0. The molecule has 0 aliphatic heterocycles. The Bertz CT molecular complexity index is 770. The molecule has 0 spiro atoms. The molecule has 0 amide bonds. The molecule has 0 bridgehead atoms. The third-order valence-electron chi connectivity index (χ3n) is 3.69. The van der Waals surface area contributed by atoms with E-state index in [9.17, 15) is 0 Å². The smallest absolute Gasteiger partial charge is 0.0701 e. The van der Waals surface area contributed by atoms with Gasteiger partial charge in [0.05, 0.1) is 5.69 Å². The standard InChI is InChI=1S/C12H11N.C11H9N/c1-2-6-11(7-3-1)10-12-8-4-5-9-13-12;1-2-6-10(7-3-1)11-8-4-5-9-12-11/h1-9H,10H2;1-9H. The first-order valence-electron chi connectivity index (χ1n) is 8.32. The second kappa shape index (κ2) is 9.14. The molecule has 2 aromatic heterocycles. The molecule has 2 heterocycles. The summed E-state index contributed by atoms with van der Waals surface area (Å²) in [7, 11) is 0. The van der Waals surface area contributed by atoms with Crippen LogP contribution in [-0.2, 0) is 6.42 Å². The van der Waals surface area contributed by atoms with E-state index < -0.39 is 0 Å². The summed E-state index contributed by atoms with van der Waals surface area (Å²) in [5, 5.41) is 0. The molecule has 0 saturated heterocycles. The van der Waals surface area contributed by atoms with E-state index >= 15 is 0 Å². The van der Waals surface area contributed by atoms with Crippen molar-refractivity contribution in [2.45, 2.75) is 6.42 Å². The van der Waals surface area contributed by atoms with Gasteiger partial charge in [-0.05, 0) is 29.8 Å². The minimum absolute atomic E-state index is 0.918. The van der Waals surface area contributed by atoms with Gasteiger partial charge in [0.2, 0.25) is 0 Å². The van der Waals surface area contributed by atoms with E-state index in [1.54, 1.807) is 0 Å². The molecule has 0 fully saturated rings. The van der Waals surface area contributed by atoms with E-state index in [1.807, 2.05) is 73.1 Å². The molecule has 2 nitrogen and oxygen atoms in total. The van der Waals surface area contributed by atoms with Crippen molar-refractivity contribution in [3.8, 4) is 11.3 Å². The zero-order valence-electron chi connectivity index (χ0n) is 14.0. The Kier molecular flexibility index (Phi) is 6.06. The van der Waals surface area contributed by atoms with Crippen LogP contribution in [0.1, 0.15) is 11.3 Å². The SMILES string of the molecule is c1ccc(-c2ccccn2)cc1.c1ccc(Cc2ccccn2)cc1. The lowest BCUT2D eigenvalue weighted by molar-refractivity contribution is 1.07. The van der Waals surface area contributed by atoms with Gasteiger partial charge >= 0.3 is 0 Å². The molecule has 0 atom stereocenters. The molecular weight excluding hydrogens is 304 g/mol. The van der Waals surface area contributed by atoms with Crippen molar-refractivity contribution in [2.24, 2.45) is 0 Å². The van der Waals surface area contributed by atoms with E-state index in [0.717, 1.165) is 23.4 Å². The second-order valence-corrected chi connectivity index (χ2v) is 5.56. The molecule has 0 saturated carbocycles. The van der Waals surface area contributed by atoms with Crippen LogP contribution in [0.25, 0.3) is 11.3 Å². The van der Waals surface area contributed by atoms with Crippen molar-refractivity contribution in [1.29, 1.82) is 0 Å². The van der Waals surface area contributed by atoms with Crippen molar-refractivity contribution in [3.05, 3.63) is 121 Å². The lowest BCUT2D eigenvalue weighted by Gasteiger charge is -1.99. The normalized spacial score (nSPS) is 9.76. The van der Waals surface area contributed by atoms with Crippen LogP contribution in [0.4, 0.5) is 0 Å². The first-order valence-corrected chi connectivity index (χ1v) is 8.32. The molecule has 2 heteroatoms. The largest absolute Gasteiger partial charge is 0.261 e. The van der Waals surface area contributed by atoms with Crippen LogP contribution < -0.4 is 0 Å². The number of aromatic nitrogens is 2. The highest BCUT2D eigenvalue weighted by Crippen LogP contribution is 2.14. The van der Waals surface area contributed by atoms with Crippen molar-refractivity contribution < 1.29 is 0 Å². The maximum Gasteiger partial charge on any atom is 0.0701 e. The monoisotopic (exact) mass is 324 g/mol. The Morgan fingerprint density at radius 2 is 1.12 bits per heavy atom. The number of hydrogen-bond acceptors (Lipinski definition) is 2. The average molecular weight is 324 g/mol. The van der Waals surface area contributed by atoms with Gasteiger partial charge in [-0.1, -0.05) is 72.8 Å². The number of hydrogen-bond donors (Lipinski definition) is 0. The van der Waals surface area contributed by atoms with Gasteiger partial charge in [0.25, 0.3) is 0 Å². The number of nitrogens with zero attached hydrogens (tertiary/aromatic N) is 2. The molecule has 4 aromatic rings. The summed E-state index contributed by atoms with van der Waals surface area (Å²) in [5.41, 5.74) is 4.62. The van der Waals surface area contributed by atoms with Crippen molar-refractivity contribution >= 4 is 0 Å². The van der Waals surface area contributed by atoms with E-state index in [-0.39, 0.29) is 0 Å². The Morgan fingerprint density at radius 1 is 0.520 bits per heavy atom. The fourth-order valence-corrected chi connectivity index (χ4v) is 2.45. The van der Waals surface area contributed by atoms with Gasteiger partial charge in [0, 0.05) is 30.1 Å². The minimum atomic E-state index is 0.918. The van der Waals surface area contributed by atoms with Crippen LogP contribution in [0.2, 0.25) is 0 Å². The van der Waals surface area contributed by atoms with Gasteiger partial charge in [0.1, 0.15) is 0 Å². The molecule has 0 aliphatic rings. The Morgan fingerprint density at radius 3 is 1.72 bits per heavy atom. The Labute approximate surface area is 148 Å². The summed E-state index contributed by atoms with van der Waals surface area (Å²) in [6.07, 6.45) is 4.56. The molecule has 0 unspecified atom stereocenters. The average Bonchev–Trinajstić information content (AvgIpc) is 2.71. The van der Waals surface area contributed by atoms with Crippen LogP contribution in [0.15, 0.2) is 109 Å². The number of pyridine rings is 2. The fraction of sp³-hybridized carbons (Fsp3) is 0.0435. The van der Waals surface area contributed by atoms with Crippen LogP contribution >= 0.6 is 0 Å². The lowest BCUT2D eigenvalue weighted by Crippen LogP contribution is -1.89. The predicted molar refractivity (Wildman–Crippen MR) is 103 cm³/mol. The molecule has 2 aromatic carbocycles. The van der Waals surface area contributed by atoms with E-state index in [0.29, 0.717) is 0 Å². The summed E-state index contributed by atoms with van der Waals surface area (Å²) < 4.78 is 0. The summed E-state index contributed by atoms with van der Waals surface area (Å²) in [4.78, 5) is 8.52. The molecule has 0 aliphatic carbocycles. The predicted octanol–water partition coefficient (Wildman–Crippen LogP) is 5.42. The van der Waals surface area contributed by atoms with Gasteiger partial charge in [-0.2, -0.15) is 0 Å². The van der Waals surface area contributed by atoms with Crippen LogP contribution in [-0.4, -0.2) is 9.97 Å². The zero-order chi connectivity index (χ0) is 17.2. The highest BCUT2D eigenvalue weighted by molar-refractivity contribution is 5.58. The molecule has 0 N–H and O–H groups in total. The number of rotatable bonds is 3. The molecule has 122 valence electrons. The molecule has 0 radical (unpaired) electrons. The first-order chi connectivity index (χ1) is 12.4. The van der Waals surface area contributed by atoms with Crippen molar-refractivity contribution in [1.82, 2.24) is 9.97 Å². The van der Waals surface area contributed by atoms with Gasteiger partial charge in [-0.3, -0.25) is 9.97 Å². The summed E-state index contributed by atoms with van der Waals surface area (Å²) >= 11 is 0. The van der Waals surface area contributed by atoms with Gasteiger partial charge < -0.3 is 0 Å². The van der Waals surface area contributed by atoms with E-state index in [1.165, 1.54) is 5.56 Å². The summed E-state index contributed by atoms with van der Waals surface area (Å²) in [6, 6.07) is 32.5. The fourth-order valence-electron chi connectivity index (χ4n) is 2.45. The first kappa shape index (κ1) is 16.6. The van der Waals surface area contributed by atoms with Crippen LogP contribution in [0, 0.1) is 0 Å². The lowest BCUT2D eigenvalue weighted by atomic mass is 10.1. The third-order valence-corrected chi connectivity index (χ3v) is 3.69. The summed E-state index contributed by atoms with van der Waals surface area (Å²) in [5.74, 6) is 0. The Balaban J connectivity index is 0.000000146. The van der Waals surface area contributed by atoms with Crippen molar-refractivity contribution in [2.75, 3.05) is 0 Å². The maximum absolute atomic E-state index is 4.27. The van der Waals surface area contributed by atoms with Gasteiger partial charge in [-0.25, -0.2) is 0 Å². The van der Waals surface area contributed by atoms with E-state index in [4.69, 9.17) is 0 Å². The topological polar surface area (TPSA) is 25.8 Å². The van der Waals surface area contributed by atoms with E-state index in [2.05, 4.69) is 46.4 Å². The van der Waals surface area contributed by atoms with Crippen LogP contribution in [0.5, 0.6) is 0 Å². The van der Waals surface area contributed by atoms with Crippen LogP contribution in [0.3, 0.4) is 0 Å². The third kappa shape index (κ3) is 5.40. The molecule has 25 heavy (non-hydrogen) atoms. The van der Waals surface area contributed by atoms with Crippen molar-refractivity contribution in [3.63, 3.8) is 0 Å². The molecule has 4 rings (SSSR count).